The van der Waals surface area contributed by atoms with Gasteiger partial charge in [0.1, 0.15) is 5.82 Å². The van der Waals surface area contributed by atoms with Gasteiger partial charge in [-0.05, 0) is 46.3 Å². The second kappa shape index (κ2) is 6.31. The molecule has 2 aromatic carbocycles. The van der Waals surface area contributed by atoms with Gasteiger partial charge in [-0.2, -0.15) is 0 Å². The maximum Gasteiger partial charge on any atom is 0.273 e. The van der Waals surface area contributed by atoms with Gasteiger partial charge in [0.05, 0.1) is 26.4 Å². The van der Waals surface area contributed by atoms with E-state index in [1.807, 2.05) is 0 Å². The molecule has 5 nitrogen and oxygen atoms in total. The SMILES string of the molecule is Nc1ccc(S(=O)Cc2cc(F)ccc2[N+](=O)[O-])c(Br)c1. The molecule has 1 atom stereocenters. The van der Waals surface area contributed by atoms with Crippen molar-refractivity contribution >= 4 is 38.1 Å². The van der Waals surface area contributed by atoms with Crippen LogP contribution in [0.2, 0.25) is 0 Å². The normalized spacial score (nSPS) is 12.1. The molecule has 0 saturated heterocycles. The van der Waals surface area contributed by atoms with Crippen molar-refractivity contribution in [3.8, 4) is 0 Å². The van der Waals surface area contributed by atoms with Crippen LogP contribution in [0.3, 0.4) is 0 Å². The molecule has 0 aliphatic carbocycles. The topological polar surface area (TPSA) is 86.2 Å². The number of nitrogens with two attached hydrogens (primary N) is 1. The number of halogens is 2. The highest BCUT2D eigenvalue weighted by atomic mass is 79.9. The van der Waals surface area contributed by atoms with Gasteiger partial charge in [-0.25, -0.2) is 4.39 Å². The van der Waals surface area contributed by atoms with Crippen molar-refractivity contribution in [2.45, 2.75) is 10.6 Å². The van der Waals surface area contributed by atoms with E-state index in [2.05, 4.69) is 15.9 Å². The summed E-state index contributed by atoms with van der Waals surface area (Å²) in [7, 11) is -1.56. The molecule has 0 spiro atoms. The van der Waals surface area contributed by atoms with Gasteiger partial charge >= 0.3 is 0 Å². The molecule has 2 rings (SSSR count). The lowest BCUT2D eigenvalue weighted by molar-refractivity contribution is -0.385. The largest absolute Gasteiger partial charge is 0.399 e. The monoisotopic (exact) mass is 372 g/mol. The van der Waals surface area contributed by atoms with Crippen LogP contribution < -0.4 is 5.73 Å². The quantitative estimate of drug-likeness (QED) is 0.506. The summed E-state index contributed by atoms with van der Waals surface area (Å²) in [5.41, 5.74) is 5.93. The van der Waals surface area contributed by atoms with Crippen LogP contribution in [-0.2, 0) is 16.6 Å². The maximum absolute atomic E-state index is 13.2. The van der Waals surface area contributed by atoms with Crippen molar-refractivity contribution in [3.63, 3.8) is 0 Å². The molecule has 8 heteroatoms. The Labute approximate surface area is 130 Å². The Morgan fingerprint density at radius 3 is 2.62 bits per heavy atom. The summed E-state index contributed by atoms with van der Waals surface area (Å²) in [5.74, 6) is -0.764. The van der Waals surface area contributed by atoms with E-state index in [9.17, 15) is 18.7 Å². The fraction of sp³-hybridized carbons (Fsp3) is 0.0769. The molecule has 0 fully saturated rings. The summed E-state index contributed by atoms with van der Waals surface area (Å²) in [5, 5.41) is 10.9. The minimum absolute atomic E-state index is 0.0852. The number of nitrogen functional groups attached to an aromatic ring is 1. The Balaban J connectivity index is 2.35. The predicted molar refractivity (Wildman–Crippen MR) is 81.7 cm³/mol. The first-order chi connectivity index (χ1) is 9.88. The lowest BCUT2D eigenvalue weighted by Gasteiger charge is -2.07. The van der Waals surface area contributed by atoms with E-state index in [4.69, 9.17) is 5.73 Å². The Kier molecular flexibility index (Phi) is 4.69. The molecule has 2 N–H and O–H groups in total. The molecule has 2 aromatic rings. The summed E-state index contributed by atoms with van der Waals surface area (Å²) < 4.78 is 26.1. The van der Waals surface area contributed by atoms with Crippen LogP contribution in [0, 0.1) is 15.9 Å². The van der Waals surface area contributed by atoms with Crippen LogP contribution in [0.15, 0.2) is 45.8 Å². The van der Waals surface area contributed by atoms with Gasteiger partial charge in [0.2, 0.25) is 0 Å². The molecule has 21 heavy (non-hydrogen) atoms. The molecular formula is C13H10BrFN2O3S. The van der Waals surface area contributed by atoms with Crippen LogP contribution >= 0.6 is 15.9 Å². The standard InChI is InChI=1S/C13H10BrFN2O3S/c14-11-6-10(16)2-4-13(11)21(20)7-8-5-9(15)1-3-12(8)17(18)19/h1-6H,7,16H2. The van der Waals surface area contributed by atoms with Crippen LogP contribution in [0.5, 0.6) is 0 Å². The van der Waals surface area contributed by atoms with E-state index in [0.29, 0.717) is 15.1 Å². The Hall–Kier alpha value is -1.80. The van der Waals surface area contributed by atoms with E-state index in [1.165, 1.54) is 0 Å². The Morgan fingerprint density at radius 1 is 1.29 bits per heavy atom. The summed E-state index contributed by atoms with van der Waals surface area (Å²) >= 11 is 3.24. The van der Waals surface area contributed by atoms with E-state index >= 15 is 0 Å². The van der Waals surface area contributed by atoms with Crippen molar-refractivity contribution in [2.75, 3.05) is 5.73 Å². The molecule has 0 amide bonds. The highest BCUT2D eigenvalue weighted by Gasteiger charge is 2.18. The second-order valence-electron chi connectivity index (χ2n) is 4.21. The number of hydrogen-bond donors (Lipinski definition) is 1. The van der Waals surface area contributed by atoms with Crippen LogP contribution in [0.4, 0.5) is 15.8 Å². The summed E-state index contributed by atoms with van der Waals surface area (Å²) in [4.78, 5) is 10.7. The minimum Gasteiger partial charge on any atom is -0.399 e. The van der Waals surface area contributed by atoms with Gasteiger partial charge in [-0.1, -0.05) is 0 Å². The van der Waals surface area contributed by atoms with Crippen molar-refractivity contribution < 1.29 is 13.5 Å². The third-order valence-corrected chi connectivity index (χ3v) is 5.06. The van der Waals surface area contributed by atoms with Crippen LogP contribution in [-0.4, -0.2) is 9.13 Å². The molecular weight excluding hydrogens is 363 g/mol. The van der Waals surface area contributed by atoms with Crippen LogP contribution in [0.1, 0.15) is 5.56 Å². The fourth-order valence-corrected chi connectivity index (χ4v) is 3.87. The van der Waals surface area contributed by atoms with Crippen molar-refractivity contribution in [2.24, 2.45) is 0 Å². The molecule has 0 aliphatic heterocycles. The van der Waals surface area contributed by atoms with Gasteiger partial charge in [0.15, 0.2) is 0 Å². The number of anilines is 1. The maximum atomic E-state index is 13.2. The van der Waals surface area contributed by atoms with Crippen LogP contribution in [0.25, 0.3) is 0 Å². The zero-order valence-electron chi connectivity index (χ0n) is 10.6. The van der Waals surface area contributed by atoms with E-state index in [0.717, 1.165) is 18.2 Å². The summed E-state index contributed by atoms with van der Waals surface area (Å²) in [6, 6.07) is 7.84. The molecule has 0 bridgehead atoms. The number of benzene rings is 2. The number of nitro groups is 1. The van der Waals surface area contributed by atoms with Gasteiger partial charge in [-0.3, -0.25) is 14.3 Å². The van der Waals surface area contributed by atoms with E-state index < -0.39 is 21.5 Å². The average Bonchev–Trinajstić information content (AvgIpc) is 2.37. The van der Waals surface area contributed by atoms with Gasteiger partial charge in [-0.15, -0.1) is 0 Å². The van der Waals surface area contributed by atoms with Crippen molar-refractivity contribution in [1.29, 1.82) is 0 Å². The molecule has 0 aliphatic rings. The highest BCUT2D eigenvalue weighted by molar-refractivity contribution is 9.10. The smallest absolute Gasteiger partial charge is 0.273 e. The molecule has 0 heterocycles. The highest BCUT2D eigenvalue weighted by Crippen LogP contribution is 2.27. The van der Waals surface area contributed by atoms with E-state index in [1.54, 1.807) is 18.2 Å². The number of rotatable bonds is 4. The average molecular weight is 373 g/mol. The first kappa shape index (κ1) is 15.6. The third-order valence-electron chi connectivity index (χ3n) is 2.73. The molecule has 0 radical (unpaired) electrons. The van der Waals surface area contributed by atoms with Gasteiger partial charge in [0.25, 0.3) is 5.69 Å². The summed E-state index contributed by atoms with van der Waals surface area (Å²) in [6.07, 6.45) is 0. The molecule has 0 saturated carbocycles. The second-order valence-corrected chi connectivity index (χ2v) is 6.48. The van der Waals surface area contributed by atoms with Gasteiger partial charge < -0.3 is 5.73 Å². The summed E-state index contributed by atoms with van der Waals surface area (Å²) in [6.45, 7) is 0. The molecule has 110 valence electrons. The van der Waals surface area contributed by atoms with Crippen molar-refractivity contribution in [1.82, 2.24) is 0 Å². The molecule has 0 aromatic heterocycles. The number of nitrogens with zero attached hydrogens (tertiary/aromatic N) is 1. The zero-order chi connectivity index (χ0) is 15.6. The number of nitro benzene ring substituents is 1. The fourth-order valence-electron chi connectivity index (χ4n) is 1.77. The Bertz CT molecular complexity index is 739. The number of hydrogen-bond acceptors (Lipinski definition) is 4. The first-order valence-corrected chi connectivity index (χ1v) is 7.86. The lowest BCUT2D eigenvalue weighted by Crippen LogP contribution is -2.02. The predicted octanol–water partition coefficient (Wildman–Crippen LogP) is 3.39. The lowest BCUT2D eigenvalue weighted by atomic mass is 10.2. The third kappa shape index (κ3) is 3.64. The van der Waals surface area contributed by atoms with E-state index in [-0.39, 0.29) is 17.0 Å². The zero-order valence-corrected chi connectivity index (χ0v) is 13.0. The van der Waals surface area contributed by atoms with Gasteiger partial charge in [0, 0.05) is 21.8 Å². The first-order valence-electron chi connectivity index (χ1n) is 5.74. The van der Waals surface area contributed by atoms with Crippen molar-refractivity contribution in [3.05, 3.63) is 62.4 Å². The molecule has 1 unspecified atom stereocenters. The minimum atomic E-state index is -1.56. The Morgan fingerprint density at radius 2 is 2.00 bits per heavy atom.